The van der Waals surface area contributed by atoms with E-state index in [9.17, 15) is 0 Å². The van der Waals surface area contributed by atoms with Crippen LogP contribution in [0, 0.1) is 0 Å². The van der Waals surface area contributed by atoms with Gasteiger partial charge < -0.3 is 22.7 Å². The zero-order valence-corrected chi connectivity index (χ0v) is 83.4. The van der Waals surface area contributed by atoms with Crippen molar-refractivity contribution in [1.82, 2.24) is 18.3 Å². The first-order valence-electron chi connectivity index (χ1n) is 51.4. The summed E-state index contributed by atoms with van der Waals surface area (Å²) in [6.45, 7) is 0. The maximum absolute atomic E-state index is 6.81. The maximum Gasteiger partial charge on any atom is 0.160 e. The normalized spacial score (nSPS) is 12.1. The summed E-state index contributed by atoms with van der Waals surface area (Å²) in [7, 11) is 0. The molecule has 150 heavy (non-hydrogen) atoms. The highest BCUT2D eigenvalue weighted by atomic mass is 32.1. The van der Waals surface area contributed by atoms with Crippen molar-refractivity contribution < 1.29 is 4.42 Å². The molecule has 0 aliphatic carbocycles. The van der Waals surface area contributed by atoms with Crippen LogP contribution in [0.25, 0.3) is 311 Å². The van der Waals surface area contributed by atoms with E-state index in [2.05, 4.69) is 528 Å². The Kier molecular flexibility index (Phi) is 18.8. The third-order valence-electron chi connectivity index (χ3n) is 31.8. The van der Waals surface area contributed by atoms with Gasteiger partial charge in [0.05, 0.1) is 44.1 Å². The van der Waals surface area contributed by atoms with Gasteiger partial charge >= 0.3 is 0 Å². The summed E-state index contributed by atoms with van der Waals surface area (Å²) in [5.74, 6) is 0. The Morgan fingerprint density at radius 3 is 1.13 bits per heavy atom. The Hall–Kier alpha value is -18.8. The van der Waals surface area contributed by atoms with Crippen LogP contribution in [0.3, 0.4) is 0 Å². The fraction of sp³-hybridized carbons (Fsp3) is 0. The molecule has 5 nitrogen and oxygen atoms in total. The molecule has 0 saturated heterocycles. The minimum absolute atomic E-state index is 0.911. The fourth-order valence-corrected chi connectivity index (χ4v) is 29.2. The summed E-state index contributed by atoms with van der Waals surface area (Å²) in [6, 6.07) is 186. The fourth-order valence-electron chi connectivity index (χ4n) is 25.4. The lowest BCUT2D eigenvalue weighted by molar-refractivity contribution is 0.671. The van der Waals surface area contributed by atoms with Crippen molar-refractivity contribution in [2.45, 2.75) is 0 Å². The van der Waals surface area contributed by atoms with Crippen LogP contribution in [-0.2, 0) is 0 Å². The molecule has 35 aromatic rings. The van der Waals surface area contributed by atoms with Gasteiger partial charge in [-0.05, 0) is 178 Å². The molecule has 0 spiro atoms. The number of aromatic nitrogens is 4. The SMILES string of the molecule is c1ccc(-c2cccc(-n3c4ccccc4c4c5ccc6ccccc6c5c5c6ccccc6oc5c43)c2)cc1.c1ccc(-n2c3ccccc3c3c4sc5ccccc5c4c4c5ccccc5ccc4c32)cc1.c1ccc2cc(-n3c4ccccc4c4c5c6ccccc6ccc5c5sc6ccccc6c5c43)ccc2c1.c1ccc2cc(-n3c4ccccc4c4ccc5c(ccc6ccc7c8ccccc8sc7c65)c43)ccc2c1. The highest BCUT2D eigenvalue weighted by molar-refractivity contribution is 7.28. The van der Waals surface area contributed by atoms with Gasteiger partial charge in [0.1, 0.15) is 5.58 Å². The first-order chi connectivity index (χ1) is 74.5. The first kappa shape index (κ1) is 84.5. The molecule has 0 atom stereocenters. The summed E-state index contributed by atoms with van der Waals surface area (Å²) >= 11 is 5.75. The predicted octanol–water partition coefficient (Wildman–Crippen LogP) is 41.3. The number of hydrogen-bond acceptors (Lipinski definition) is 4. The molecule has 27 aromatic carbocycles. The lowest BCUT2D eigenvalue weighted by atomic mass is 9.94. The molecular formula is C142H84N4OS3. The van der Waals surface area contributed by atoms with Crippen LogP contribution in [0.4, 0.5) is 0 Å². The number of hydrogen-bond donors (Lipinski definition) is 0. The van der Waals surface area contributed by atoms with Gasteiger partial charge in [-0.25, -0.2) is 0 Å². The summed E-state index contributed by atoms with van der Waals surface area (Å²) in [5, 5.41) is 46.7. The first-order valence-corrected chi connectivity index (χ1v) is 53.9. The van der Waals surface area contributed by atoms with E-state index in [1.54, 1.807) is 0 Å². The third kappa shape index (κ3) is 12.6. The zero-order chi connectivity index (χ0) is 98.0. The highest BCUT2D eigenvalue weighted by Crippen LogP contribution is 2.56. The standard InChI is InChI=1S/C38H23NO.2C36H21NS.C32H19NS/c1-2-11-24(12-3-1)26-14-10-15-27(23-26)39-32-19-8-6-17-29(32)35-31-22-21-25-13-4-5-16-28(25)34(31)36-30-18-7-9-20-33(30)40-38(36)37(35)39;1-2-8-24-21-25(16-13-22(24)7-1)37-32-11-5-3-9-26(32)29-20-19-28-30(35(29)37)17-14-23-15-18-31-27-10-4-6-12-33(27)38-36(31)34(23)28;1-2-11-24-21-25(19-17-22(24)9-1)37-30-15-7-5-13-27(30)33-32-26-12-4-3-10-23(26)18-20-29(32)36-34(35(33)37)28-14-6-8-16-31(28)38-36;1-2-11-21(12-3-1)33-26-16-8-6-14-23(26)30-31(33)25-19-18-20-10-4-5-13-22(20)28(25)29-24-15-7-9-17-27(24)34-32(29)30/h1-23H;2*1-21H;1-19H. The Labute approximate surface area is 870 Å². The Bertz CT molecular complexity index is 12000. The minimum Gasteiger partial charge on any atom is -0.454 e. The van der Waals surface area contributed by atoms with Gasteiger partial charge in [-0.2, -0.15) is 0 Å². The van der Waals surface area contributed by atoms with Gasteiger partial charge in [0.25, 0.3) is 0 Å². The molecule has 0 amide bonds. The molecule has 35 rings (SSSR count). The van der Waals surface area contributed by atoms with Crippen LogP contribution in [0.15, 0.2) is 514 Å². The molecule has 8 aromatic heterocycles. The third-order valence-corrected chi connectivity index (χ3v) is 35.4. The highest BCUT2D eigenvalue weighted by Gasteiger charge is 2.30. The second-order valence-corrected chi connectivity index (χ2v) is 42.8. The van der Waals surface area contributed by atoms with E-state index < -0.39 is 0 Å². The van der Waals surface area contributed by atoms with Crippen molar-refractivity contribution >= 4 is 311 Å². The topological polar surface area (TPSA) is 32.9 Å². The van der Waals surface area contributed by atoms with E-state index in [4.69, 9.17) is 4.42 Å². The van der Waals surface area contributed by atoms with Crippen LogP contribution in [0.1, 0.15) is 0 Å². The molecule has 0 aliphatic heterocycles. The molecule has 0 aliphatic rings. The summed E-state index contributed by atoms with van der Waals surface area (Å²) in [6.07, 6.45) is 0. The number of nitrogens with zero attached hydrogens (tertiary/aromatic N) is 4. The second kappa shape index (κ2) is 33.4. The van der Waals surface area contributed by atoms with Crippen LogP contribution in [0.2, 0.25) is 0 Å². The van der Waals surface area contributed by atoms with Gasteiger partial charge in [-0.15, -0.1) is 34.0 Å². The number of benzene rings is 27. The number of fused-ring (bicyclic) bond motifs is 49. The lowest BCUT2D eigenvalue weighted by Gasteiger charge is -2.12. The Morgan fingerprint density at radius 2 is 0.513 bits per heavy atom. The van der Waals surface area contributed by atoms with Crippen LogP contribution < -0.4 is 0 Å². The average Bonchev–Trinajstić information content (AvgIpc) is 1.53. The van der Waals surface area contributed by atoms with E-state index in [-0.39, 0.29) is 0 Å². The molecule has 8 heterocycles. The van der Waals surface area contributed by atoms with Gasteiger partial charge in [0.2, 0.25) is 0 Å². The van der Waals surface area contributed by atoms with E-state index in [1.165, 1.54) is 284 Å². The zero-order valence-electron chi connectivity index (χ0n) is 80.9. The van der Waals surface area contributed by atoms with Crippen molar-refractivity contribution in [2.75, 3.05) is 0 Å². The molecule has 0 fully saturated rings. The number of furan rings is 1. The van der Waals surface area contributed by atoms with Gasteiger partial charge in [-0.3, -0.25) is 0 Å². The smallest absolute Gasteiger partial charge is 0.160 e. The molecule has 8 heteroatoms. The van der Waals surface area contributed by atoms with Crippen LogP contribution >= 0.6 is 34.0 Å². The van der Waals surface area contributed by atoms with Crippen molar-refractivity contribution in [3.8, 4) is 33.9 Å². The lowest BCUT2D eigenvalue weighted by Crippen LogP contribution is -1.95. The Balaban J connectivity index is 0.0000000884. The van der Waals surface area contributed by atoms with E-state index in [1.807, 2.05) is 34.0 Å². The van der Waals surface area contributed by atoms with E-state index in [0.717, 1.165) is 27.8 Å². The van der Waals surface area contributed by atoms with Crippen LogP contribution in [0.5, 0.6) is 0 Å². The molecule has 0 N–H and O–H groups in total. The van der Waals surface area contributed by atoms with Gasteiger partial charge in [0, 0.05) is 175 Å². The van der Waals surface area contributed by atoms with E-state index >= 15 is 0 Å². The van der Waals surface area contributed by atoms with Gasteiger partial charge in [0.15, 0.2) is 5.58 Å². The van der Waals surface area contributed by atoms with Crippen molar-refractivity contribution in [1.29, 1.82) is 0 Å². The summed E-state index contributed by atoms with van der Waals surface area (Å²) < 4.78 is 24.8. The molecule has 696 valence electrons. The maximum atomic E-state index is 6.81. The molecule has 0 radical (unpaired) electrons. The van der Waals surface area contributed by atoms with Crippen molar-refractivity contribution in [2.24, 2.45) is 0 Å². The van der Waals surface area contributed by atoms with Gasteiger partial charge in [-0.1, -0.05) is 413 Å². The predicted molar refractivity (Wildman–Crippen MR) is 650 cm³/mol. The summed E-state index contributed by atoms with van der Waals surface area (Å²) in [4.78, 5) is 0. The summed E-state index contributed by atoms with van der Waals surface area (Å²) in [5.41, 5.74) is 18.9. The second-order valence-electron chi connectivity index (χ2n) is 39.7. The molecular weight excluding hydrogens is 1870 g/mol. The molecule has 0 bridgehead atoms. The van der Waals surface area contributed by atoms with Crippen molar-refractivity contribution in [3.05, 3.63) is 510 Å². The minimum atomic E-state index is 0.911. The number of thiophene rings is 3. The quantitative estimate of drug-likeness (QED) is 0.158. The molecule has 0 unspecified atom stereocenters. The Morgan fingerprint density at radius 1 is 0.147 bits per heavy atom. The van der Waals surface area contributed by atoms with Crippen LogP contribution in [-0.4, -0.2) is 18.3 Å². The number of rotatable bonds is 5. The average molecular weight is 1960 g/mol. The molecule has 0 saturated carbocycles. The largest absolute Gasteiger partial charge is 0.454 e. The van der Waals surface area contributed by atoms with E-state index in [0.29, 0.717) is 0 Å². The number of para-hydroxylation sites is 6. The van der Waals surface area contributed by atoms with Crippen molar-refractivity contribution in [3.63, 3.8) is 0 Å². The monoisotopic (exact) mass is 1960 g/mol.